The number of piperidine rings is 1. The van der Waals surface area contributed by atoms with Crippen LogP contribution in [0.5, 0.6) is 0 Å². The van der Waals surface area contributed by atoms with Crippen molar-refractivity contribution in [2.75, 3.05) is 0 Å². The molecule has 1 N–H and O–H groups in total. The van der Waals surface area contributed by atoms with Crippen LogP contribution in [-0.2, 0) is 0 Å². The average molecular weight is 141 g/mol. The zero-order chi connectivity index (χ0) is 7.78. The van der Waals surface area contributed by atoms with Crippen molar-refractivity contribution in [2.45, 2.75) is 52.1 Å². The van der Waals surface area contributed by atoms with Gasteiger partial charge in [0.2, 0.25) is 0 Å². The SMILES string of the molecule is C[C@@H]1C[C@@H](C)NC(C)(C)C1. The standard InChI is InChI=1S/C9H19N/c1-7-5-8(2)10-9(3,4)6-7/h7-8,10H,5-6H2,1-4H3/t7-,8-/m1/s1. The van der Waals surface area contributed by atoms with Crippen LogP contribution in [-0.4, -0.2) is 11.6 Å². The van der Waals surface area contributed by atoms with Crippen molar-refractivity contribution in [1.29, 1.82) is 0 Å². The molecule has 0 aromatic rings. The molecule has 1 fully saturated rings. The van der Waals surface area contributed by atoms with E-state index in [2.05, 4.69) is 33.0 Å². The average Bonchev–Trinajstić information content (AvgIpc) is 1.54. The second kappa shape index (κ2) is 2.54. The summed E-state index contributed by atoms with van der Waals surface area (Å²) in [5.74, 6) is 0.895. The van der Waals surface area contributed by atoms with Crippen LogP contribution in [0.15, 0.2) is 0 Å². The predicted octanol–water partition coefficient (Wildman–Crippen LogP) is 2.17. The van der Waals surface area contributed by atoms with E-state index in [0.29, 0.717) is 11.6 Å². The summed E-state index contributed by atoms with van der Waals surface area (Å²) >= 11 is 0. The first-order valence-electron chi connectivity index (χ1n) is 4.27. The van der Waals surface area contributed by atoms with Crippen LogP contribution < -0.4 is 5.32 Å². The van der Waals surface area contributed by atoms with Crippen LogP contribution in [0.1, 0.15) is 40.5 Å². The Bertz CT molecular complexity index is 106. The lowest BCUT2D eigenvalue weighted by molar-refractivity contribution is 0.200. The van der Waals surface area contributed by atoms with E-state index >= 15 is 0 Å². The third-order valence-corrected chi connectivity index (χ3v) is 2.25. The molecular weight excluding hydrogens is 122 g/mol. The van der Waals surface area contributed by atoms with E-state index in [1.54, 1.807) is 0 Å². The second-order valence-corrected chi connectivity index (χ2v) is 4.47. The van der Waals surface area contributed by atoms with Gasteiger partial charge >= 0.3 is 0 Å². The molecule has 0 bridgehead atoms. The fraction of sp³-hybridized carbons (Fsp3) is 1.00. The van der Waals surface area contributed by atoms with Gasteiger partial charge in [0.25, 0.3) is 0 Å². The molecule has 1 nitrogen and oxygen atoms in total. The fourth-order valence-electron chi connectivity index (χ4n) is 2.34. The van der Waals surface area contributed by atoms with Crippen molar-refractivity contribution in [3.63, 3.8) is 0 Å². The van der Waals surface area contributed by atoms with Gasteiger partial charge in [0.1, 0.15) is 0 Å². The third-order valence-electron chi connectivity index (χ3n) is 2.25. The van der Waals surface area contributed by atoms with Crippen molar-refractivity contribution in [3.8, 4) is 0 Å². The Morgan fingerprint density at radius 2 is 1.90 bits per heavy atom. The van der Waals surface area contributed by atoms with Crippen molar-refractivity contribution in [1.82, 2.24) is 5.32 Å². The van der Waals surface area contributed by atoms with E-state index in [1.165, 1.54) is 12.8 Å². The summed E-state index contributed by atoms with van der Waals surface area (Å²) in [5.41, 5.74) is 0.372. The lowest BCUT2D eigenvalue weighted by Crippen LogP contribution is -2.50. The molecule has 0 unspecified atom stereocenters. The van der Waals surface area contributed by atoms with Gasteiger partial charge in [-0.2, -0.15) is 0 Å². The molecule has 1 rings (SSSR count). The maximum Gasteiger partial charge on any atom is 0.0130 e. The summed E-state index contributed by atoms with van der Waals surface area (Å²) in [4.78, 5) is 0. The summed E-state index contributed by atoms with van der Waals surface area (Å²) < 4.78 is 0. The summed E-state index contributed by atoms with van der Waals surface area (Å²) in [6, 6.07) is 0.707. The van der Waals surface area contributed by atoms with Crippen molar-refractivity contribution < 1.29 is 0 Å². The topological polar surface area (TPSA) is 12.0 Å². The molecule has 0 aliphatic carbocycles. The zero-order valence-corrected chi connectivity index (χ0v) is 7.57. The van der Waals surface area contributed by atoms with Crippen molar-refractivity contribution >= 4 is 0 Å². The fourth-order valence-corrected chi connectivity index (χ4v) is 2.34. The highest BCUT2D eigenvalue weighted by atomic mass is 15.0. The molecule has 1 aliphatic rings. The van der Waals surface area contributed by atoms with E-state index < -0.39 is 0 Å². The normalized spacial score (nSPS) is 39.6. The van der Waals surface area contributed by atoms with Crippen LogP contribution in [0.25, 0.3) is 0 Å². The maximum atomic E-state index is 3.59. The molecule has 0 amide bonds. The Hall–Kier alpha value is -0.0400. The molecule has 1 saturated heterocycles. The number of rotatable bonds is 0. The Balaban J connectivity index is 2.51. The Morgan fingerprint density at radius 3 is 2.30 bits per heavy atom. The van der Waals surface area contributed by atoms with Crippen LogP contribution in [0.3, 0.4) is 0 Å². The molecule has 1 heteroatoms. The summed E-state index contributed by atoms with van der Waals surface area (Å²) in [7, 11) is 0. The molecular formula is C9H19N. The molecule has 0 aromatic carbocycles. The van der Waals surface area contributed by atoms with Crippen LogP contribution in [0.4, 0.5) is 0 Å². The minimum Gasteiger partial charge on any atom is -0.309 e. The molecule has 0 spiro atoms. The summed E-state index contributed by atoms with van der Waals surface area (Å²) in [6.45, 7) is 9.20. The summed E-state index contributed by atoms with van der Waals surface area (Å²) in [5, 5.41) is 3.59. The molecule has 10 heavy (non-hydrogen) atoms. The van der Waals surface area contributed by atoms with E-state index in [1.807, 2.05) is 0 Å². The monoisotopic (exact) mass is 141 g/mol. The molecule has 0 radical (unpaired) electrons. The highest BCUT2D eigenvalue weighted by Gasteiger charge is 2.28. The highest BCUT2D eigenvalue weighted by molar-refractivity contribution is 4.88. The minimum atomic E-state index is 0.372. The number of nitrogens with one attached hydrogen (secondary N) is 1. The molecule has 1 heterocycles. The van der Waals surface area contributed by atoms with E-state index in [9.17, 15) is 0 Å². The number of hydrogen-bond acceptors (Lipinski definition) is 1. The second-order valence-electron chi connectivity index (χ2n) is 4.47. The Kier molecular flexibility index (Phi) is 2.04. The van der Waals surface area contributed by atoms with Crippen molar-refractivity contribution in [3.05, 3.63) is 0 Å². The number of hydrogen-bond donors (Lipinski definition) is 1. The Morgan fingerprint density at radius 1 is 1.30 bits per heavy atom. The minimum absolute atomic E-state index is 0.372. The zero-order valence-electron chi connectivity index (χ0n) is 7.57. The molecule has 2 atom stereocenters. The first-order chi connectivity index (χ1) is 4.49. The van der Waals surface area contributed by atoms with Crippen LogP contribution >= 0.6 is 0 Å². The molecule has 0 aromatic heterocycles. The lowest BCUT2D eigenvalue weighted by atomic mass is 9.83. The van der Waals surface area contributed by atoms with Crippen LogP contribution in [0, 0.1) is 5.92 Å². The van der Waals surface area contributed by atoms with E-state index in [4.69, 9.17) is 0 Å². The van der Waals surface area contributed by atoms with Gasteiger partial charge in [0.05, 0.1) is 0 Å². The molecule has 1 aliphatic heterocycles. The van der Waals surface area contributed by atoms with Gasteiger partial charge in [-0.05, 0) is 39.5 Å². The summed E-state index contributed by atoms with van der Waals surface area (Å²) in [6.07, 6.45) is 2.65. The van der Waals surface area contributed by atoms with Gasteiger partial charge in [-0.25, -0.2) is 0 Å². The lowest BCUT2D eigenvalue weighted by Gasteiger charge is -2.39. The predicted molar refractivity (Wildman–Crippen MR) is 45.1 cm³/mol. The van der Waals surface area contributed by atoms with Gasteiger partial charge in [-0.3, -0.25) is 0 Å². The first kappa shape index (κ1) is 8.06. The molecule has 0 saturated carbocycles. The highest BCUT2D eigenvalue weighted by Crippen LogP contribution is 2.26. The Labute approximate surface area is 64.2 Å². The van der Waals surface area contributed by atoms with Gasteiger partial charge in [-0.15, -0.1) is 0 Å². The van der Waals surface area contributed by atoms with Gasteiger partial charge in [0.15, 0.2) is 0 Å². The third kappa shape index (κ3) is 1.98. The molecule has 60 valence electrons. The van der Waals surface area contributed by atoms with Crippen LogP contribution in [0.2, 0.25) is 0 Å². The van der Waals surface area contributed by atoms with E-state index in [0.717, 1.165) is 5.92 Å². The maximum absolute atomic E-state index is 3.59. The first-order valence-corrected chi connectivity index (χ1v) is 4.27. The van der Waals surface area contributed by atoms with E-state index in [-0.39, 0.29) is 0 Å². The quantitative estimate of drug-likeness (QED) is 0.545. The van der Waals surface area contributed by atoms with Crippen molar-refractivity contribution in [2.24, 2.45) is 5.92 Å². The largest absolute Gasteiger partial charge is 0.309 e. The van der Waals surface area contributed by atoms with Gasteiger partial charge < -0.3 is 5.32 Å². The van der Waals surface area contributed by atoms with Gasteiger partial charge in [-0.1, -0.05) is 6.92 Å². The van der Waals surface area contributed by atoms with Gasteiger partial charge in [0, 0.05) is 11.6 Å². The smallest absolute Gasteiger partial charge is 0.0130 e.